The fourth-order valence-corrected chi connectivity index (χ4v) is 3.70. The van der Waals surface area contributed by atoms with Crippen LogP contribution in [0.4, 0.5) is 0 Å². The van der Waals surface area contributed by atoms with Gasteiger partial charge in [0.1, 0.15) is 0 Å². The van der Waals surface area contributed by atoms with Gasteiger partial charge in [0.15, 0.2) is 0 Å². The van der Waals surface area contributed by atoms with Crippen molar-refractivity contribution >= 4 is 5.97 Å². The minimum Gasteiger partial charge on any atom is -0.466 e. The smallest absolute Gasteiger partial charge is 0.308 e. The highest BCUT2D eigenvalue weighted by Gasteiger charge is 2.27. The summed E-state index contributed by atoms with van der Waals surface area (Å²) in [6.45, 7) is 4.51. The van der Waals surface area contributed by atoms with Gasteiger partial charge in [0.05, 0.1) is 12.5 Å². The number of allylic oxidation sites excluding steroid dienone is 6. The minimum atomic E-state index is -0.0207. The van der Waals surface area contributed by atoms with E-state index in [0.29, 0.717) is 18.4 Å². The zero-order chi connectivity index (χ0) is 19.1. The van der Waals surface area contributed by atoms with Crippen LogP contribution in [0.25, 0.3) is 0 Å². The van der Waals surface area contributed by atoms with E-state index in [2.05, 4.69) is 73.4 Å². The molecule has 1 saturated carbocycles. The van der Waals surface area contributed by atoms with Crippen LogP contribution in [0.5, 0.6) is 0 Å². The molecule has 0 aliphatic heterocycles. The Hall–Kier alpha value is -2.53. The third-order valence-electron chi connectivity index (χ3n) is 5.35. The molecule has 27 heavy (non-hydrogen) atoms. The van der Waals surface area contributed by atoms with Crippen molar-refractivity contribution in [1.82, 2.24) is 0 Å². The molecular weight excluding hydrogens is 332 g/mol. The van der Waals surface area contributed by atoms with Gasteiger partial charge in [-0.15, -0.1) is 0 Å². The lowest BCUT2D eigenvalue weighted by Gasteiger charge is -2.27. The summed E-state index contributed by atoms with van der Waals surface area (Å²) < 4.78 is 5.16. The first-order valence-corrected chi connectivity index (χ1v) is 10.0. The Bertz CT molecular complexity index is 791. The molecule has 2 heteroatoms. The van der Waals surface area contributed by atoms with E-state index in [4.69, 9.17) is 4.74 Å². The Morgan fingerprint density at radius 1 is 1.07 bits per heavy atom. The number of hydrogen-bond donors (Lipinski definition) is 0. The van der Waals surface area contributed by atoms with E-state index < -0.39 is 0 Å². The van der Waals surface area contributed by atoms with Crippen molar-refractivity contribution in [3.05, 3.63) is 71.3 Å². The summed E-state index contributed by atoms with van der Waals surface area (Å²) in [5, 5.41) is 0. The fourth-order valence-electron chi connectivity index (χ4n) is 3.70. The molecule has 1 aromatic carbocycles. The Kier molecular flexibility index (Phi) is 6.71. The van der Waals surface area contributed by atoms with Crippen LogP contribution in [0.15, 0.2) is 60.2 Å². The van der Waals surface area contributed by atoms with Crippen molar-refractivity contribution < 1.29 is 9.53 Å². The van der Waals surface area contributed by atoms with Gasteiger partial charge in [0.25, 0.3) is 0 Å². The average molecular weight is 360 g/mol. The summed E-state index contributed by atoms with van der Waals surface area (Å²) >= 11 is 0. The van der Waals surface area contributed by atoms with Gasteiger partial charge in [-0.05, 0) is 74.3 Å². The predicted octanol–water partition coefficient (Wildman–Crippen LogP) is 5.56. The summed E-state index contributed by atoms with van der Waals surface area (Å²) in [7, 11) is 0. The van der Waals surface area contributed by atoms with Crippen molar-refractivity contribution in [2.45, 2.75) is 45.4 Å². The molecule has 3 rings (SSSR count). The lowest BCUT2D eigenvalue weighted by atomic mass is 9.78. The topological polar surface area (TPSA) is 26.3 Å². The fraction of sp³-hybridized carbons (Fsp3) is 0.400. The summed E-state index contributed by atoms with van der Waals surface area (Å²) in [5.74, 6) is 7.57. The maximum absolute atomic E-state index is 11.9. The molecule has 0 amide bonds. The Labute approximate surface area is 163 Å². The van der Waals surface area contributed by atoms with E-state index in [1.165, 1.54) is 5.56 Å². The predicted molar refractivity (Wildman–Crippen MR) is 110 cm³/mol. The van der Waals surface area contributed by atoms with E-state index in [-0.39, 0.29) is 11.9 Å². The zero-order valence-electron chi connectivity index (χ0n) is 16.3. The van der Waals surface area contributed by atoms with Crippen LogP contribution in [-0.2, 0) is 9.53 Å². The van der Waals surface area contributed by atoms with E-state index in [0.717, 1.165) is 36.8 Å². The summed E-state index contributed by atoms with van der Waals surface area (Å²) in [6, 6.07) is 8.61. The highest BCUT2D eigenvalue weighted by atomic mass is 16.5. The van der Waals surface area contributed by atoms with Crippen LogP contribution < -0.4 is 0 Å². The number of carbonyl (C=O) groups excluding carboxylic acids is 1. The number of rotatable bonds is 3. The molecule has 0 N–H and O–H groups in total. The summed E-state index contributed by atoms with van der Waals surface area (Å²) in [5.41, 5.74) is 3.43. The number of esters is 1. The van der Waals surface area contributed by atoms with Crippen LogP contribution in [-0.4, -0.2) is 12.6 Å². The van der Waals surface area contributed by atoms with Crippen LogP contribution in [0, 0.1) is 23.7 Å². The third-order valence-corrected chi connectivity index (χ3v) is 5.35. The van der Waals surface area contributed by atoms with Crippen LogP contribution in [0.1, 0.15) is 56.6 Å². The highest BCUT2D eigenvalue weighted by molar-refractivity contribution is 5.72. The minimum absolute atomic E-state index is 0.0207. The maximum Gasteiger partial charge on any atom is 0.308 e. The number of hydrogen-bond acceptors (Lipinski definition) is 2. The van der Waals surface area contributed by atoms with E-state index in [9.17, 15) is 4.79 Å². The Morgan fingerprint density at radius 3 is 2.52 bits per heavy atom. The van der Waals surface area contributed by atoms with Crippen LogP contribution in [0.3, 0.4) is 0 Å². The molecule has 0 radical (unpaired) electrons. The van der Waals surface area contributed by atoms with Gasteiger partial charge >= 0.3 is 5.97 Å². The lowest BCUT2D eigenvalue weighted by molar-refractivity contribution is -0.149. The Morgan fingerprint density at radius 2 is 1.81 bits per heavy atom. The van der Waals surface area contributed by atoms with Gasteiger partial charge < -0.3 is 4.74 Å². The summed E-state index contributed by atoms with van der Waals surface area (Å²) in [6.07, 6.45) is 14.5. The molecule has 2 aliphatic rings. The van der Waals surface area contributed by atoms with Gasteiger partial charge in [0.2, 0.25) is 0 Å². The quantitative estimate of drug-likeness (QED) is 0.521. The molecule has 140 valence electrons. The molecule has 1 unspecified atom stereocenters. The standard InChI is InChI=1S/C25H28O2/c1-3-27-25(26)24-17-15-23(16-18-24)22-13-11-21(12-14-22)10-9-20-6-4-5-19(2)7-8-20/h4-8,11-14,19,23-24H,3,15-18H2,1-2H3. The van der Waals surface area contributed by atoms with Crippen molar-refractivity contribution in [3.63, 3.8) is 0 Å². The molecular formula is C25H28O2. The highest BCUT2D eigenvalue weighted by Crippen LogP contribution is 2.36. The van der Waals surface area contributed by atoms with Crippen molar-refractivity contribution in [1.29, 1.82) is 0 Å². The van der Waals surface area contributed by atoms with Gasteiger partial charge in [-0.1, -0.05) is 49.1 Å². The SMILES string of the molecule is CCOC(=O)C1CCC(c2ccc(C#CC3=CC=CC(C)C=C3)cc2)CC1. The first kappa shape index (κ1) is 19.2. The van der Waals surface area contributed by atoms with Crippen molar-refractivity contribution in [2.24, 2.45) is 11.8 Å². The van der Waals surface area contributed by atoms with Crippen molar-refractivity contribution in [3.8, 4) is 11.8 Å². The lowest BCUT2D eigenvalue weighted by Crippen LogP contribution is -2.23. The van der Waals surface area contributed by atoms with Gasteiger partial charge in [-0.25, -0.2) is 0 Å². The normalized spacial score (nSPS) is 24.4. The average Bonchev–Trinajstić information content (AvgIpc) is 2.91. The van der Waals surface area contributed by atoms with Crippen molar-refractivity contribution in [2.75, 3.05) is 6.61 Å². The molecule has 1 fully saturated rings. The second kappa shape index (κ2) is 9.42. The second-order valence-electron chi connectivity index (χ2n) is 7.40. The molecule has 0 saturated heterocycles. The van der Waals surface area contributed by atoms with Gasteiger partial charge in [-0.2, -0.15) is 0 Å². The van der Waals surface area contributed by atoms with E-state index >= 15 is 0 Å². The first-order valence-electron chi connectivity index (χ1n) is 10.0. The van der Waals surface area contributed by atoms with Gasteiger partial charge in [-0.3, -0.25) is 4.79 Å². The molecule has 1 atom stereocenters. The largest absolute Gasteiger partial charge is 0.466 e. The van der Waals surface area contributed by atoms with Crippen LogP contribution >= 0.6 is 0 Å². The molecule has 2 aliphatic carbocycles. The van der Waals surface area contributed by atoms with E-state index in [1.54, 1.807) is 0 Å². The molecule has 1 aromatic rings. The summed E-state index contributed by atoms with van der Waals surface area (Å²) in [4.78, 5) is 11.9. The maximum atomic E-state index is 11.9. The number of ether oxygens (including phenoxy) is 1. The zero-order valence-corrected chi connectivity index (χ0v) is 16.3. The molecule has 2 nitrogen and oxygen atoms in total. The monoisotopic (exact) mass is 360 g/mol. The molecule has 0 heterocycles. The third kappa shape index (κ3) is 5.47. The molecule has 0 aromatic heterocycles. The van der Waals surface area contributed by atoms with Gasteiger partial charge in [0, 0.05) is 11.1 Å². The first-order chi connectivity index (χ1) is 13.2. The van der Waals surface area contributed by atoms with E-state index in [1.807, 2.05) is 6.92 Å². The Balaban J connectivity index is 1.58. The number of benzene rings is 1. The second-order valence-corrected chi connectivity index (χ2v) is 7.40. The number of carbonyl (C=O) groups is 1. The molecule has 0 bridgehead atoms. The molecule has 0 spiro atoms. The van der Waals surface area contributed by atoms with Crippen LogP contribution in [0.2, 0.25) is 0 Å².